The van der Waals surface area contributed by atoms with Gasteiger partial charge in [-0.1, -0.05) is 23.2 Å². The van der Waals surface area contributed by atoms with E-state index in [-0.39, 0.29) is 40.6 Å². The summed E-state index contributed by atoms with van der Waals surface area (Å²) in [7, 11) is 0. The van der Waals surface area contributed by atoms with Gasteiger partial charge in [-0.15, -0.1) is 0 Å². The smallest absolute Gasteiger partial charge is 0.410 e. The molecule has 3 atom stereocenters. The number of halogens is 2. The predicted molar refractivity (Wildman–Crippen MR) is 88.2 cm³/mol. The number of amides is 2. The SMILES string of the molecule is CC(C)(C)OC(=O)N1C[C@@H]2C(NC(=O)c3nsc(Cl)c3Cl)[C@@H]2C1. The average molecular weight is 378 g/mol. The molecule has 0 aromatic carbocycles. The molecular weight excluding hydrogens is 361 g/mol. The molecule has 0 radical (unpaired) electrons. The van der Waals surface area contributed by atoms with Gasteiger partial charge in [-0.3, -0.25) is 4.79 Å². The van der Waals surface area contributed by atoms with Crippen molar-refractivity contribution in [2.75, 3.05) is 13.1 Å². The van der Waals surface area contributed by atoms with E-state index < -0.39 is 5.60 Å². The Morgan fingerprint density at radius 1 is 1.30 bits per heavy atom. The number of carbonyl (C=O) groups excluding carboxylic acids is 2. The normalized spacial score (nSPS) is 26.0. The van der Waals surface area contributed by atoms with Crippen LogP contribution < -0.4 is 5.32 Å². The van der Waals surface area contributed by atoms with Crippen molar-refractivity contribution in [1.29, 1.82) is 0 Å². The summed E-state index contributed by atoms with van der Waals surface area (Å²) in [5.74, 6) is 0.208. The van der Waals surface area contributed by atoms with E-state index in [4.69, 9.17) is 27.9 Å². The summed E-state index contributed by atoms with van der Waals surface area (Å²) in [6.45, 7) is 6.71. The van der Waals surface area contributed by atoms with Crippen molar-refractivity contribution >= 4 is 46.7 Å². The second-order valence-corrected chi connectivity index (χ2v) is 8.58. The molecule has 0 bridgehead atoms. The van der Waals surface area contributed by atoms with E-state index in [9.17, 15) is 9.59 Å². The minimum Gasteiger partial charge on any atom is -0.444 e. The molecule has 1 saturated heterocycles. The van der Waals surface area contributed by atoms with E-state index in [1.165, 1.54) is 0 Å². The number of hydrogen-bond acceptors (Lipinski definition) is 5. The molecule has 1 aliphatic heterocycles. The summed E-state index contributed by atoms with van der Waals surface area (Å²) in [5, 5.41) is 3.11. The Balaban J connectivity index is 1.52. The topological polar surface area (TPSA) is 71.5 Å². The van der Waals surface area contributed by atoms with Crippen LogP contribution in [0.1, 0.15) is 31.3 Å². The van der Waals surface area contributed by atoms with Crippen LogP contribution in [-0.4, -0.2) is 46.0 Å². The van der Waals surface area contributed by atoms with Gasteiger partial charge in [-0.05, 0) is 32.3 Å². The van der Waals surface area contributed by atoms with Crippen molar-refractivity contribution in [3.63, 3.8) is 0 Å². The molecular formula is C14H17Cl2N3O3S. The van der Waals surface area contributed by atoms with Crippen LogP contribution in [0.4, 0.5) is 4.79 Å². The summed E-state index contributed by atoms with van der Waals surface area (Å²) in [6, 6.07) is 0.0535. The van der Waals surface area contributed by atoms with E-state index in [1.54, 1.807) is 4.90 Å². The Bertz CT molecular complexity index is 646. The standard InChI is InChI=1S/C14H17Cl2N3O3S/c1-14(2,3)22-13(21)19-4-6-7(5-19)9(6)17-12(20)10-8(15)11(16)23-18-10/h6-7,9H,4-5H2,1-3H3,(H,17,20)/t6-,7+,9?. The molecule has 9 heteroatoms. The zero-order valence-corrected chi connectivity index (χ0v) is 15.3. The molecule has 1 aromatic rings. The van der Waals surface area contributed by atoms with E-state index in [0.717, 1.165) is 11.5 Å². The molecule has 23 heavy (non-hydrogen) atoms. The summed E-state index contributed by atoms with van der Waals surface area (Å²) < 4.78 is 9.62. The number of carbonyl (C=O) groups is 2. The number of ether oxygens (including phenoxy) is 1. The second kappa shape index (κ2) is 5.79. The van der Waals surface area contributed by atoms with Crippen LogP contribution in [0.25, 0.3) is 0 Å². The molecule has 126 valence electrons. The summed E-state index contributed by atoms with van der Waals surface area (Å²) >= 11 is 12.7. The van der Waals surface area contributed by atoms with Gasteiger partial charge in [0, 0.05) is 31.0 Å². The second-order valence-electron chi connectivity index (χ2n) is 6.83. The van der Waals surface area contributed by atoms with E-state index >= 15 is 0 Å². The summed E-state index contributed by atoms with van der Waals surface area (Å²) in [4.78, 5) is 25.8. The molecule has 1 saturated carbocycles. The molecule has 1 N–H and O–H groups in total. The number of piperidine rings is 1. The van der Waals surface area contributed by atoms with Crippen molar-refractivity contribution in [2.45, 2.75) is 32.4 Å². The van der Waals surface area contributed by atoms with Crippen molar-refractivity contribution in [1.82, 2.24) is 14.6 Å². The largest absolute Gasteiger partial charge is 0.444 e. The fourth-order valence-electron chi connectivity index (χ4n) is 2.84. The summed E-state index contributed by atoms with van der Waals surface area (Å²) in [5.41, 5.74) is -0.339. The van der Waals surface area contributed by atoms with Crippen LogP contribution in [0.2, 0.25) is 9.36 Å². The predicted octanol–water partition coefficient (Wildman–Crippen LogP) is 3.05. The van der Waals surface area contributed by atoms with Crippen molar-refractivity contribution in [2.24, 2.45) is 11.8 Å². The van der Waals surface area contributed by atoms with Gasteiger partial charge in [0.1, 0.15) is 15.0 Å². The zero-order chi connectivity index (χ0) is 16.9. The molecule has 1 aliphatic carbocycles. The lowest BCUT2D eigenvalue weighted by atomic mass is 10.2. The Hall–Kier alpha value is -1.05. The first kappa shape index (κ1) is 16.8. The summed E-state index contributed by atoms with van der Waals surface area (Å²) in [6.07, 6.45) is -0.302. The molecule has 2 aliphatic rings. The van der Waals surface area contributed by atoms with Crippen molar-refractivity contribution in [3.8, 4) is 0 Å². The van der Waals surface area contributed by atoms with Crippen LogP contribution in [0.5, 0.6) is 0 Å². The first-order valence-electron chi connectivity index (χ1n) is 7.27. The average Bonchev–Trinajstić information content (AvgIpc) is 2.80. The van der Waals surface area contributed by atoms with Gasteiger partial charge in [-0.25, -0.2) is 4.79 Å². The highest BCUT2D eigenvalue weighted by Gasteiger charge is 2.58. The third-order valence-electron chi connectivity index (χ3n) is 3.96. The molecule has 2 amide bonds. The highest BCUT2D eigenvalue weighted by molar-refractivity contribution is 7.11. The maximum atomic E-state index is 12.1. The third kappa shape index (κ3) is 3.41. The first-order valence-corrected chi connectivity index (χ1v) is 8.80. The maximum absolute atomic E-state index is 12.1. The van der Waals surface area contributed by atoms with E-state index in [0.29, 0.717) is 17.4 Å². The van der Waals surface area contributed by atoms with Crippen molar-refractivity contribution < 1.29 is 14.3 Å². The maximum Gasteiger partial charge on any atom is 0.410 e. The molecule has 2 heterocycles. The highest BCUT2D eigenvalue weighted by atomic mass is 35.5. The number of likely N-dealkylation sites (tertiary alicyclic amines) is 1. The van der Waals surface area contributed by atoms with Gasteiger partial charge >= 0.3 is 6.09 Å². The number of hydrogen-bond donors (Lipinski definition) is 1. The number of rotatable bonds is 2. The zero-order valence-electron chi connectivity index (χ0n) is 12.9. The molecule has 2 fully saturated rings. The number of nitrogens with zero attached hydrogens (tertiary/aromatic N) is 2. The lowest BCUT2D eigenvalue weighted by Crippen LogP contribution is -2.40. The molecule has 0 spiro atoms. The quantitative estimate of drug-likeness (QED) is 0.859. The minimum absolute atomic E-state index is 0.0535. The molecule has 1 unspecified atom stereocenters. The molecule has 6 nitrogen and oxygen atoms in total. The number of fused-ring (bicyclic) bond motifs is 1. The third-order valence-corrected chi connectivity index (χ3v) is 5.57. The minimum atomic E-state index is -0.502. The Morgan fingerprint density at radius 3 is 2.39 bits per heavy atom. The van der Waals surface area contributed by atoms with Crippen molar-refractivity contribution in [3.05, 3.63) is 15.1 Å². The fraction of sp³-hybridized carbons (Fsp3) is 0.643. The van der Waals surface area contributed by atoms with Gasteiger partial charge in [0.05, 0.1) is 0 Å². The Labute approximate surface area is 148 Å². The van der Waals surface area contributed by atoms with Crippen LogP contribution >= 0.6 is 34.7 Å². The van der Waals surface area contributed by atoms with Gasteiger partial charge in [-0.2, -0.15) is 4.37 Å². The lowest BCUT2D eigenvalue weighted by molar-refractivity contribution is 0.0270. The van der Waals surface area contributed by atoms with Crippen LogP contribution in [0.15, 0.2) is 0 Å². The van der Waals surface area contributed by atoms with Gasteiger partial charge < -0.3 is 15.0 Å². The van der Waals surface area contributed by atoms with E-state index in [2.05, 4.69) is 9.69 Å². The van der Waals surface area contributed by atoms with Crippen LogP contribution in [-0.2, 0) is 4.74 Å². The number of aromatic nitrogens is 1. The number of nitrogens with one attached hydrogen (secondary N) is 1. The van der Waals surface area contributed by atoms with Crippen LogP contribution in [0, 0.1) is 11.8 Å². The van der Waals surface area contributed by atoms with E-state index in [1.807, 2.05) is 20.8 Å². The first-order chi connectivity index (χ1) is 10.7. The Kier molecular flexibility index (Phi) is 4.23. The lowest BCUT2D eigenvalue weighted by Gasteiger charge is -2.26. The molecule has 1 aromatic heterocycles. The van der Waals surface area contributed by atoms with Gasteiger partial charge in [0.15, 0.2) is 5.69 Å². The monoisotopic (exact) mass is 377 g/mol. The fourth-order valence-corrected chi connectivity index (χ4v) is 3.83. The van der Waals surface area contributed by atoms with Gasteiger partial charge in [0.25, 0.3) is 5.91 Å². The Morgan fingerprint density at radius 2 is 1.91 bits per heavy atom. The van der Waals surface area contributed by atoms with Gasteiger partial charge in [0.2, 0.25) is 0 Å². The molecule has 3 rings (SSSR count). The van der Waals surface area contributed by atoms with Crippen LogP contribution in [0.3, 0.4) is 0 Å². The highest BCUT2D eigenvalue weighted by Crippen LogP contribution is 2.46.